The van der Waals surface area contributed by atoms with E-state index in [2.05, 4.69) is 35.3 Å². The molecule has 0 aliphatic carbocycles. The highest BCUT2D eigenvalue weighted by Crippen LogP contribution is 2.16. The standard InChI is InChI=1S/C15H23N3/c1-4-17-15(3,13-16)11-12-18(5-2)14-9-7-6-8-10-14/h6-10,17H,4-5,11-12H2,1-3H3. The van der Waals surface area contributed by atoms with Gasteiger partial charge in [0.05, 0.1) is 6.07 Å². The molecule has 3 heteroatoms. The molecule has 0 aromatic heterocycles. The molecule has 1 unspecified atom stereocenters. The molecule has 1 N–H and O–H groups in total. The molecule has 0 saturated carbocycles. The molecule has 0 fully saturated rings. The molecule has 1 aromatic carbocycles. The fraction of sp³-hybridized carbons (Fsp3) is 0.533. The predicted octanol–water partition coefficient (Wildman–Crippen LogP) is 2.79. The van der Waals surface area contributed by atoms with Gasteiger partial charge in [0, 0.05) is 18.8 Å². The first-order valence-electron chi connectivity index (χ1n) is 6.61. The minimum absolute atomic E-state index is 0.434. The third kappa shape index (κ3) is 4.05. The van der Waals surface area contributed by atoms with Crippen molar-refractivity contribution in [3.05, 3.63) is 30.3 Å². The molecular weight excluding hydrogens is 222 g/mol. The normalized spacial score (nSPS) is 13.7. The topological polar surface area (TPSA) is 39.1 Å². The van der Waals surface area contributed by atoms with Crippen LogP contribution >= 0.6 is 0 Å². The molecule has 0 radical (unpaired) electrons. The van der Waals surface area contributed by atoms with Gasteiger partial charge in [-0.15, -0.1) is 0 Å². The monoisotopic (exact) mass is 245 g/mol. The van der Waals surface area contributed by atoms with Crippen LogP contribution in [0.15, 0.2) is 30.3 Å². The first-order chi connectivity index (χ1) is 8.65. The lowest BCUT2D eigenvalue weighted by Crippen LogP contribution is -2.43. The Hall–Kier alpha value is -1.53. The van der Waals surface area contributed by atoms with E-state index in [9.17, 15) is 5.26 Å². The first-order valence-corrected chi connectivity index (χ1v) is 6.61. The number of nitrogens with zero attached hydrogens (tertiary/aromatic N) is 2. The Balaban J connectivity index is 2.63. The van der Waals surface area contributed by atoms with E-state index >= 15 is 0 Å². The molecule has 0 heterocycles. The van der Waals surface area contributed by atoms with Gasteiger partial charge in [0.25, 0.3) is 0 Å². The van der Waals surface area contributed by atoms with E-state index in [1.165, 1.54) is 5.69 Å². The molecule has 0 aliphatic heterocycles. The zero-order valence-electron chi connectivity index (χ0n) is 11.6. The van der Waals surface area contributed by atoms with Crippen molar-refractivity contribution in [3.8, 4) is 6.07 Å². The lowest BCUT2D eigenvalue weighted by atomic mass is 9.99. The van der Waals surface area contributed by atoms with Crippen LogP contribution in [0.5, 0.6) is 0 Å². The van der Waals surface area contributed by atoms with Crippen molar-refractivity contribution >= 4 is 5.69 Å². The number of nitriles is 1. The second kappa shape index (κ2) is 7.03. The van der Waals surface area contributed by atoms with Crippen LogP contribution in [-0.4, -0.2) is 25.2 Å². The smallest absolute Gasteiger partial charge is 0.105 e. The van der Waals surface area contributed by atoms with Crippen molar-refractivity contribution in [1.29, 1.82) is 5.26 Å². The molecule has 0 aliphatic rings. The van der Waals surface area contributed by atoms with Crippen molar-refractivity contribution in [2.45, 2.75) is 32.7 Å². The highest BCUT2D eigenvalue weighted by molar-refractivity contribution is 5.45. The Kier molecular flexibility index (Phi) is 5.67. The van der Waals surface area contributed by atoms with E-state index in [-0.39, 0.29) is 0 Å². The van der Waals surface area contributed by atoms with E-state index in [0.29, 0.717) is 0 Å². The minimum atomic E-state index is -0.434. The summed E-state index contributed by atoms with van der Waals surface area (Å²) < 4.78 is 0. The van der Waals surface area contributed by atoms with Crippen molar-refractivity contribution in [1.82, 2.24) is 5.32 Å². The summed E-state index contributed by atoms with van der Waals surface area (Å²) in [5.74, 6) is 0. The van der Waals surface area contributed by atoms with E-state index < -0.39 is 5.54 Å². The largest absolute Gasteiger partial charge is 0.372 e. The minimum Gasteiger partial charge on any atom is -0.372 e. The molecule has 0 spiro atoms. The predicted molar refractivity (Wildman–Crippen MR) is 76.6 cm³/mol. The van der Waals surface area contributed by atoms with Crippen LogP contribution in [0.2, 0.25) is 0 Å². The summed E-state index contributed by atoms with van der Waals surface area (Å²) in [5.41, 5.74) is 0.786. The van der Waals surface area contributed by atoms with E-state index in [1.807, 2.05) is 32.0 Å². The highest BCUT2D eigenvalue weighted by Gasteiger charge is 2.22. The number of hydrogen-bond donors (Lipinski definition) is 1. The maximum atomic E-state index is 9.24. The fourth-order valence-corrected chi connectivity index (χ4v) is 2.04. The van der Waals surface area contributed by atoms with Crippen molar-refractivity contribution < 1.29 is 0 Å². The molecule has 3 nitrogen and oxygen atoms in total. The maximum absolute atomic E-state index is 9.24. The highest BCUT2D eigenvalue weighted by atomic mass is 15.1. The lowest BCUT2D eigenvalue weighted by Gasteiger charge is -2.28. The van der Waals surface area contributed by atoms with Gasteiger partial charge < -0.3 is 4.90 Å². The third-order valence-electron chi connectivity index (χ3n) is 3.20. The summed E-state index contributed by atoms with van der Waals surface area (Å²) in [6.07, 6.45) is 0.820. The number of para-hydroxylation sites is 1. The number of hydrogen-bond acceptors (Lipinski definition) is 3. The van der Waals surface area contributed by atoms with Gasteiger partial charge in [-0.25, -0.2) is 0 Å². The quantitative estimate of drug-likeness (QED) is 0.803. The van der Waals surface area contributed by atoms with Crippen LogP contribution in [0.25, 0.3) is 0 Å². The van der Waals surface area contributed by atoms with Gasteiger partial charge in [0.1, 0.15) is 5.54 Å². The number of anilines is 1. The SMILES string of the molecule is CCNC(C)(C#N)CCN(CC)c1ccccc1. The number of nitrogens with one attached hydrogen (secondary N) is 1. The Morgan fingerprint density at radius 2 is 1.94 bits per heavy atom. The van der Waals surface area contributed by atoms with E-state index in [0.717, 1.165) is 26.1 Å². The van der Waals surface area contributed by atoms with Gasteiger partial charge in [0.2, 0.25) is 0 Å². The molecular formula is C15H23N3. The van der Waals surface area contributed by atoms with Crippen LogP contribution in [-0.2, 0) is 0 Å². The zero-order chi connectivity index (χ0) is 13.4. The zero-order valence-corrected chi connectivity index (χ0v) is 11.6. The molecule has 18 heavy (non-hydrogen) atoms. The van der Waals surface area contributed by atoms with Gasteiger partial charge in [-0.2, -0.15) is 5.26 Å². The van der Waals surface area contributed by atoms with Gasteiger partial charge in [-0.3, -0.25) is 5.32 Å². The number of benzene rings is 1. The van der Waals surface area contributed by atoms with Gasteiger partial charge in [0.15, 0.2) is 0 Å². The molecule has 1 atom stereocenters. The molecule has 0 saturated heterocycles. The summed E-state index contributed by atoms with van der Waals surface area (Å²) >= 11 is 0. The Labute approximate surface area is 110 Å². The van der Waals surface area contributed by atoms with Gasteiger partial charge in [-0.1, -0.05) is 25.1 Å². The van der Waals surface area contributed by atoms with Crippen LogP contribution < -0.4 is 10.2 Å². The summed E-state index contributed by atoms with van der Waals surface area (Å²) in [6.45, 7) is 8.81. The second-order valence-corrected chi connectivity index (χ2v) is 4.64. The Bertz CT molecular complexity index is 382. The molecule has 0 amide bonds. The second-order valence-electron chi connectivity index (χ2n) is 4.64. The van der Waals surface area contributed by atoms with Crippen molar-refractivity contribution in [2.24, 2.45) is 0 Å². The maximum Gasteiger partial charge on any atom is 0.105 e. The van der Waals surface area contributed by atoms with Gasteiger partial charge >= 0.3 is 0 Å². The molecule has 0 bridgehead atoms. The van der Waals surface area contributed by atoms with Crippen LogP contribution in [0.1, 0.15) is 27.2 Å². The van der Waals surface area contributed by atoms with E-state index in [1.54, 1.807) is 0 Å². The third-order valence-corrected chi connectivity index (χ3v) is 3.20. The Morgan fingerprint density at radius 3 is 2.44 bits per heavy atom. The average Bonchev–Trinajstić information content (AvgIpc) is 2.41. The summed E-state index contributed by atoms with van der Waals surface area (Å²) in [5, 5.41) is 12.5. The Morgan fingerprint density at radius 1 is 1.28 bits per heavy atom. The van der Waals surface area contributed by atoms with Crippen molar-refractivity contribution in [2.75, 3.05) is 24.5 Å². The summed E-state index contributed by atoms with van der Waals surface area (Å²) in [7, 11) is 0. The fourth-order valence-electron chi connectivity index (χ4n) is 2.04. The lowest BCUT2D eigenvalue weighted by molar-refractivity contribution is 0.429. The average molecular weight is 245 g/mol. The summed E-state index contributed by atoms with van der Waals surface area (Å²) in [4.78, 5) is 2.30. The van der Waals surface area contributed by atoms with Crippen LogP contribution in [0.4, 0.5) is 5.69 Å². The van der Waals surface area contributed by atoms with Crippen molar-refractivity contribution in [3.63, 3.8) is 0 Å². The van der Waals surface area contributed by atoms with E-state index in [4.69, 9.17) is 0 Å². The first kappa shape index (κ1) is 14.5. The van der Waals surface area contributed by atoms with Crippen LogP contribution in [0, 0.1) is 11.3 Å². The summed E-state index contributed by atoms with van der Waals surface area (Å²) in [6, 6.07) is 12.7. The number of rotatable bonds is 7. The van der Waals surface area contributed by atoms with Gasteiger partial charge in [-0.05, 0) is 38.9 Å². The van der Waals surface area contributed by atoms with Crippen LogP contribution in [0.3, 0.4) is 0 Å². The molecule has 1 aromatic rings. The molecule has 1 rings (SSSR count). The molecule has 98 valence electrons.